The van der Waals surface area contributed by atoms with Crippen LogP contribution in [0.5, 0.6) is 5.75 Å². The number of carbonyl (C=O) groups excluding carboxylic acids is 1. The molecule has 2 aromatic heterocycles. The molecule has 5 rings (SSSR count). The van der Waals surface area contributed by atoms with Gasteiger partial charge in [-0.25, -0.2) is 4.68 Å². The summed E-state index contributed by atoms with van der Waals surface area (Å²) in [6.45, 7) is 4.36. The molecule has 3 heterocycles. The highest BCUT2D eigenvalue weighted by molar-refractivity contribution is 6.30. The van der Waals surface area contributed by atoms with Gasteiger partial charge in [0.2, 0.25) is 5.91 Å². The van der Waals surface area contributed by atoms with E-state index in [2.05, 4.69) is 10.00 Å². The number of halogens is 1. The minimum atomic E-state index is -0.299. The number of aromatic nitrogens is 3. The van der Waals surface area contributed by atoms with Crippen molar-refractivity contribution in [3.63, 3.8) is 0 Å². The molecule has 0 N–H and O–H groups in total. The van der Waals surface area contributed by atoms with Gasteiger partial charge in [0.1, 0.15) is 23.6 Å². The number of fused-ring (bicyclic) bond motifs is 3. The summed E-state index contributed by atoms with van der Waals surface area (Å²) in [7, 11) is 1.60. The average molecular weight is 466 g/mol. The molecule has 2 aromatic carbocycles. The summed E-state index contributed by atoms with van der Waals surface area (Å²) < 4.78 is 8.52. The molecule has 0 aliphatic carbocycles. The van der Waals surface area contributed by atoms with Crippen molar-refractivity contribution >= 4 is 39.6 Å². The fraction of sp³-hybridized carbons (Fsp3) is 0.292. The van der Waals surface area contributed by atoms with Crippen molar-refractivity contribution in [1.82, 2.24) is 19.1 Å². The van der Waals surface area contributed by atoms with Crippen LogP contribution in [0, 0.1) is 6.92 Å². The van der Waals surface area contributed by atoms with Crippen LogP contribution in [0.3, 0.4) is 0 Å². The summed E-state index contributed by atoms with van der Waals surface area (Å²) in [6.07, 6.45) is 0. The van der Waals surface area contributed by atoms with Crippen LogP contribution < -0.4 is 15.2 Å². The highest BCUT2D eigenvalue weighted by Crippen LogP contribution is 2.28. The van der Waals surface area contributed by atoms with Crippen molar-refractivity contribution in [2.45, 2.75) is 13.5 Å². The Kier molecular flexibility index (Phi) is 5.46. The Morgan fingerprint density at radius 3 is 2.48 bits per heavy atom. The highest BCUT2D eigenvalue weighted by Gasteiger charge is 2.23. The number of nitrogens with zero attached hydrogens (tertiary/aromatic N) is 5. The second-order valence-electron chi connectivity index (χ2n) is 8.11. The molecule has 1 aliphatic heterocycles. The summed E-state index contributed by atoms with van der Waals surface area (Å²) in [5.41, 5.74) is 2.11. The van der Waals surface area contributed by atoms with Gasteiger partial charge in [0.25, 0.3) is 5.56 Å². The van der Waals surface area contributed by atoms with Gasteiger partial charge in [0.15, 0.2) is 0 Å². The van der Waals surface area contributed by atoms with E-state index in [0.29, 0.717) is 35.2 Å². The third kappa shape index (κ3) is 3.80. The molecule has 1 fully saturated rings. The van der Waals surface area contributed by atoms with Gasteiger partial charge >= 0.3 is 0 Å². The zero-order chi connectivity index (χ0) is 23.1. The van der Waals surface area contributed by atoms with Crippen molar-refractivity contribution in [3.8, 4) is 5.75 Å². The number of rotatable bonds is 4. The fourth-order valence-electron chi connectivity index (χ4n) is 4.49. The van der Waals surface area contributed by atoms with Crippen LogP contribution in [0.25, 0.3) is 16.4 Å². The standard InChI is InChI=1S/C24H24ClN5O3/c1-16-26-29(24(32)21-14-19-20(30(16)21)4-3-5-22(19)33-2)15-23(31)28-12-10-27(11-13-28)18-8-6-17(25)7-9-18/h3-9,14H,10-13,15H2,1-2H3. The highest BCUT2D eigenvalue weighted by atomic mass is 35.5. The maximum Gasteiger partial charge on any atom is 0.291 e. The first-order valence-electron chi connectivity index (χ1n) is 10.8. The molecule has 1 aliphatic rings. The first kappa shape index (κ1) is 21.3. The molecule has 1 amide bonds. The lowest BCUT2D eigenvalue weighted by Crippen LogP contribution is -2.50. The number of piperazine rings is 1. The van der Waals surface area contributed by atoms with Crippen molar-refractivity contribution in [2.24, 2.45) is 0 Å². The molecule has 0 atom stereocenters. The zero-order valence-corrected chi connectivity index (χ0v) is 19.2. The van der Waals surface area contributed by atoms with Crippen molar-refractivity contribution in [3.05, 3.63) is 69.7 Å². The van der Waals surface area contributed by atoms with Gasteiger partial charge in [-0.3, -0.25) is 14.0 Å². The number of ether oxygens (including phenoxy) is 1. The molecule has 0 bridgehead atoms. The van der Waals surface area contributed by atoms with Gasteiger partial charge in [-0.05, 0) is 49.4 Å². The van der Waals surface area contributed by atoms with E-state index >= 15 is 0 Å². The van der Waals surface area contributed by atoms with Crippen LogP contribution in [-0.4, -0.2) is 58.3 Å². The number of amides is 1. The molecule has 0 saturated carbocycles. The minimum absolute atomic E-state index is 0.0875. The Labute approximate surface area is 195 Å². The SMILES string of the molecule is COc1cccc2c1cc1c(=O)n(CC(=O)N3CCN(c4ccc(Cl)cc4)CC3)nc(C)n12. The Morgan fingerprint density at radius 2 is 1.79 bits per heavy atom. The van der Waals surface area contributed by atoms with E-state index in [9.17, 15) is 9.59 Å². The van der Waals surface area contributed by atoms with Crippen molar-refractivity contribution in [2.75, 3.05) is 38.2 Å². The maximum absolute atomic E-state index is 13.2. The fourth-order valence-corrected chi connectivity index (χ4v) is 4.61. The number of hydrogen-bond acceptors (Lipinski definition) is 5. The third-order valence-electron chi connectivity index (χ3n) is 6.18. The van der Waals surface area contributed by atoms with Crippen molar-refractivity contribution in [1.29, 1.82) is 0 Å². The number of hydrogen-bond donors (Lipinski definition) is 0. The van der Waals surface area contributed by atoms with Crippen molar-refractivity contribution < 1.29 is 9.53 Å². The summed E-state index contributed by atoms with van der Waals surface area (Å²) in [6, 6.07) is 15.2. The predicted octanol–water partition coefficient (Wildman–Crippen LogP) is 2.97. The largest absolute Gasteiger partial charge is 0.496 e. The molecular formula is C24H24ClN5O3. The molecule has 33 heavy (non-hydrogen) atoms. The molecule has 1 saturated heterocycles. The zero-order valence-electron chi connectivity index (χ0n) is 18.5. The Morgan fingerprint density at radius 1 is 1.06 bits per heavy atom. The van der Waals surface area contributed by atoms with E-state index in [-0.39, 0.29) is 18.0 Å². The van der Waals surface area contributed by atoms with E-state index in [1.807, 2.05) is 53.8 Å². The normalized spacial score (nSPS) is 14.3. The predicted molar refractivity (Wildman–Crippen MR) is 128 cm³/mol. The molecular weight excluding hydrogens is 442 g/mol. The molecule has 0 unspecified atom stereocenters. The summed E-state index contributed by atoms with van der Waals surface area (Å²) in [5.74, 6) is 1.21. The molecule has 170 valence electrons. The van der Waals surface area contributed by atoms with Gasteiger partial charge < -0.3 is 14.5 Å². The third-order valence-corrected chi connectivity index (χ3v) is 6.43. The number of benzene rings is 2. The monoisotopic (exact) mass is 465 g/mol. The molecule has 0 spiro atoms. The topological polar surface area (TPSA) is 72.1 Å². The molecule has 9 heteroatoms. The molecule has 4 aromatic rings. The number of carbonyl (C=O) groups is 1. The van der Waals surface area contributed by atoms with Crippen LogP contribution in [0.15, 0.2) is 53.3 Å². The summed E-state index contributed by atoms with van der Waals surface area (Å²) in [5, 5.41) is 5.98. The van der Waals surface area contributed by atoms with Gasteiger partial charge in [0, 0.05) is 42.3 Å². The summed E-state index contributed by atoms with van der Waals surface area (Å²) >= 11 is 5.98. The lowest BCUT2D eigenvalue weighted by Gasteiger charge is -2.36. The van der Waals surface area contributed by atoms with Crippen LogP contribution in [0.4, 0.5) is 5.69 Å². The second-order valence-corrected chi connectivity index (χ2v) is 8.55. The first-order chi connectivity index (χ1) is 16.0. The van der Waals surface area contributed by atoms with Crippen LogP contribution in [0.2, 0.25) is 5.02 Å². The molecule has 8 nitrogen and oxygen atoms in total. The van der Waals surface area contributed by atoms with Gasteiger partial charge in [-0.15, -0.1) is 0 Å². The Hall–Kier alpha value is -3.52. The Balaban J connectivity index is 1.36. The van der Waals surface area contributed by atoms with E-state index in [0.717, 1.165) is 29.7 Å². The molecule has 0 radical (unpaired) electrons. The van der Waals surface area contributed by atoms with Gasteiger partial charge in [0.05, 0.1) is 12.6 Å². The van der Waals surface area contributed by atoms with Crippen LogP contribution in [-0.2, 0) is 11.3 Å². The van der Waals surface area contributed by atoms with E-state index in [4.69, 9.17) is 16.3 Å². The smallest absolute Gasteiger partial charge is 0.291 e. The van der Waals surface area contributed by atoms with Crippen LogP contribution >= 0.6 is 11.6 Å². The van der Waals surface area contributed by atoms with Gasteiger partial charge in [-0.1, -0.05) is 17.7 Å². The second kappa shape index (κ2) is 8.44. The van der Waals surface area contributed by atoms with Gasteiger partial charge in [-0.2, -0.15) is 5.10 Å². The van der Waals surface area contributed by atoms with E-state index < -0.39 is 0 Å². The lowest BCUT2D eigenvalue weighted by molar-refractivity contribution is -0.132. The number of anilines is 1. The lowest BCUT2D eigenvalue weighted by atomic mass is 10.2. The number of aryl methyl sites for hydroxylation is 1. The Bertz CT molecular complexity index is 1400. The first-order valence-corrected chi connectivity index (χ1v) is 11.2. The summed E-state index contributed by atoms with van der Waals surface area (Å²) in [4.78, 5) is 30.2. The number of methoxy groups -OCH3 is 1. The van der Waals surface area contributed by atoms with Crippen LogP contribution in [0.1, 0.15) is 5.82 Å². The minimum Gasteiger partial charge on any atom is -0.496 e. The van der Waals surface area contributed by atoms with E-state index in [1.165, 1.54) is 4.68 Å². The quantitative estimate of drug-likeness (QED) is 0.463. The van der Waals surface area contributed by atoms with E-state index in [1.54, 1.807) is 18.1 Å². The average Bonchev–Trinajstić information content (AvgIpc) is 3.23. The maximum atomic E-state index is 13.2.